The minimum absolute atomic E-state index is 0.275. The van der Waals surface area contributed by atoms with Gasteiger partial charge in [-0.05, 0) is 61.1 Å². The van der Waals surface area contributed by atoms with E-state index in [2.05, 4.69) is 15.6 Å². The van der Waals surface area contributed by atoms with Gasteiger partial charge in [-0.3, -0.25) is 14.6 Å². The third-order valence-corrected chi connectivity index (χ3v) is 6.68. The molecule has 0 atom stereocenters. The lowest BCUT2D eigenvalue weighted by atomic mass is 9.95. The molecular weight excluding hydrogens is 462 g/mol. The molecule has 0 fully saturated rings. The largest absolute Gasteiger partial charge is 0.452 e. The summed E-state index contributed by atoms with van der Waals surface area (Å²) in [5.74, 6) is -1.39. The van der Waals surface area contributed by atoms with Crippen LogP contribution in [-0.4, -0.2) is 29.4 Å². The maximum atomic E-state index is 13.0. The van der Waals surface area contributed by atoms with Crippen LogP contribution in [0.3, 0.4) is 0 Å². The van der Waals surface area contributed by atoms with E-state index in [-0.39, 0.29) is 12.5 Å². The summed E-state index contributed by atoms with van der Waals surface area (Å²) in [6.45, 7) is -0.142. The number of benzene rings is 1. The third kappa shape index (κ3) is 5.77. The molecule has 2 amide bonds. The van der Waals surface area contributed by atoms with E-state index >= 15 is 0 Å². The molecule has 0 spiro atoms. The van der Waals surface area contributed by atoms with Crippen molar-refractivity contribution in [1.29, 1.82) is 0 Å². The van der Waals surface area contributed by atoms with Gasteiger partial charge in [-0.1, -0.05) is 23.7 Å². The van der Waals surface area contributed by atoms with Gasteiger partial charge in [-0.2, -0.15) is 0 Å². The van der Waals surface area contributed by atoms with Crippen LogP contribution >= 0.6 is 22.9 Å². The average molecular weight is 484 g/mol. The second-order valence-corrected chi connectivity index (χ2v) is 9.14. The molecule has 7 nitrogen and oxygen atoms in total. The normalized spacial score (nSPS) is 12.5. The molecule has 170 valence electrons. The number of nitrogens with one attached hydrogen (secondary N) is 2. The van der Waals surface area contributed by atoms with Crippen LogP contribution in [0.5, 0.6) is 0 Å². The Bertz CT molecular complexity index is 1180. The van der Waals surface area contributed by atoms with Crippen molar-refractivity contribution in [3.63, 3.8) is 0 Å². The lowest BCUT2D eigenvalue weighted by molar-refractivity contribution is -0.124. The van der Waals surface area contributed by atoms with Crippen LogP contribution in [0.25, 0.3) is 0 Å². The lowest BCUT2D eigenvalue weighted by Gasteiger charge is -2.13. The van der Waals surface area contributed by atoms with E-state index in [9.17, 15) is 14.4 Å². The van der Waals surface area contributed by atoms with Gasteiger partial charge in [0.2, 0.25) is 0 Å². The van der Waals surface area contributed by atoms with E-state index in [0.29, 0.717) is 21.2 Å². The molecular formula is C24H22ClN3O4S. The number of rotatable bonds is 7. The molecule has 1 aliphatic rings. The molecule has 2 heterocycles. The number of carbonyl (C=O) groups excluding carboxylic acids is 3. The summed E-state index contributed by atoms with van der Waals surface area (Å²) in [6.07, 6.45) is 6.62. The van der Waals surface area contributed by atoms with Gasteiger partial charge in [-0.15, -0.1) is 11.3 Å². The fourth-order valence-corrected chi connectivity index (χ4v) is 5.13. The SMILES string of the molecule is O=C(COC(=O)c1c(NC(=O)c2cccnc2)sc2c1CCCC2)NCc1cccc(Cl)c1. The number of aromatic nitrogens is 1. The van der Waals surface area contributed by atoms with E-state index in [4.69, 9.17) is 16.3 Å². The van der Waals surface area contributed by atoms with E-state index in [1.165, 1.54) is 17.5 Å². The number of nitrogens with zero attached hydrogens (tertiary/aromatic N) is 1. The summed E-state index contributed by atoms with van der Waals surface area (Å²) in [5.41, 5.74) is 2.48. The van der Waals surface area contributed by atoms with Crippen molar-refractivity contribution < 1.29 is 19.1 Å². The highest BCUT2D eigenvalue weighted by Crippen LogP contribution is 2.38. The maximum Gasteiger partial charge on any atom is 0.341 e. The summed E-state index contributed by atoms with van der Waals surface area (Å²) in [5, 5.41) is 6.56. The molecule has 0 saturated heterocycles. The molecule has 0 unspecified atom stereocenters. The molecule has 2 N–H and O–H groups in total. The van der Waals surface area contributed by atoms with Crippen LogP contribution in [0.15, 0.2) is 48.8 Å². The highest BCUT2D eigenvalue weighted by Gasteiger charge is 2.28. The number of hydrogen-bond donors (Lipinski definition) is 2. The molecule has 3 aromatic rings. The number of anilines is 1. The van der Waals surface area contributed by atoms with Crippen LogP contribution in [-0.2, 0) is 28.9 Å². The summed E-state index contributed by atoms with van der Waals surface area (Å²) < 4.78 is 5.32. The predicted octanol–water partition coefficient (Wildman–Crippen LogP) is 4.40. The van der Waals surface area contributed by atoms with Gasteiger partial charge in [0, 0.05) is 28.8 Å². The number of aryl methyl sites for hydroxylation is 1. The van der Waals surface area contributed by atoms with Crippen molar-refractivity contribution >= 4 is 45.7 Å². The molecule has 1 aromatic carbocycles. The van der Waals surface area contributed by atoms with Gasteiger partial charge in [0.05, 0.1) is 11.1 Å². The molecule has 0 aliphatic heterocycles. The zero-order valence-corrected chi connectivity index (χ0v) is 19.3. The Balaban J connectivity index is 1.43. The fourth-order valence-electron chi connectivity index (χ4n) is 3.64. The number of halogens is 1. The number of hydrogen-bond acceptors (Lipinski definition) is 6. The minimum atomic E-state index is -0.617. The average Bonchev–Trinajstić information content (AvgIpc) is 3.19. The van der Waals surface area contributed by atoms with Gasteiger partial charge < -0.3 is 15.4 Å². The molecule has 0 bridgehead atoms. The maximum absolute atomic E-state index is 13.0. The van der Waals surface area contributed by atoms with E-state index < -0.39 is 18.5 Å². The van der Waals surface area contributed by atoms with Crippen molar-refractivity contribution in [3.05, 3.63) is 80.9 Å². The van der Waals surface area contributed by atoms with E-state index in [1.54, 1.807) is 36.5 Å². The Hall–Kier alpha value is -3.23. The summed E-state index contributed by atoms with van der Waals surface area (Å²) in [7, 11) is 0. The van der Waals surface area contributed by atoms with Gasteiger partial charge in [0.1, 0.15) is 5.00 Å². The predicted molar refractivity (Wildman–Crippen MR) is 127 cm³/mol. The number of ether oxygens (including phenoxy) is 1. The van der Waals surface area contributed by atoms with Gasteiger partial charge in [0.15, 0.2) is 6.61 Å². The number of carbonyl (C=O) groups is 3. The summed E-state index contributed by atoms with van der Waals surface area (Å²) in [6, 6.07) is 10.5. The van der Waals surface area contributed by atoms with Crippen LogP contribution in [0.4, 0.5) is 5.00 Å². The monoisotopic (exact) mass is 483 g/mol. The Morgan fingerprint density at radius 1 is 1.12 bits per heavy atom. The lowest BCUT2D eigenvalue weighted by Crippen LogP contribution is -2.28. The van der Waals surface area contributed by atoms with Gasteiger partial charge in [-0.25, -0.2) is 4.79 Å². The van der Waals surface area contributed by atoms with Crippen molar-refractivity contribution in [1.82, 2.24) is 10.3 Å². The van der Waals surface area contributed by atoms with Crippen LogP contribution in [0.1, 0.15) is 49.6 Å². The van der Waals surface area contributed by atoms with Gasteiger partial charge >= 0.3 is 5.97 Å². The van der Waals surface area contributed by atoms with Crippen LogP contribution < -0.4 is 10.6 Å². The number of amides is 2. The highest BCUT2D eigenvalue weighted by atomic mass is 35.5. The number of pyridine rings is 1. The molecule has 2 aromatic heterocycles. The van der Waals surface area contributed by atoms with Gasteiger partial charge in [0.25, 0.3) is 11.8 Å². The first kappa shape index (κ1) is 22.9. The third-order valence-electron chi connectivity index (χ3n) is 5.24. The quantitative estimate of drug-likeness (QED) is 0.485. The second-order valence-electron chi connectivity index (χ2n) is 7.59. The Morgan fingerprint density at radius 2 is 1.97 bits per heavy atom. The molecule has 33 heavy (non-hydrogen) atoms. The first-order valence-corrected chi connectivity index (χ1v) is 11.7. The zero-order valence-electron chi connectivity index (χ0n) is 17.7. The van der Waals surface area contributed by atoms with Crippen molar-refractivity contribution in [3.8, 4) is 0 Å². The number of esters is 1. The minimum Gasteiger partial charge on any atom is -0.452 e. The first-order valence-electron chi connectivity index (χ1n) is 10.6. The summed E-state index contributed by atoms with van der Waals surface area (Å²) in [4.78, 5) is 42.9. The molecule has 1 aliphatic carbocycles. The van der Waals surface area contributed by atoms with Crippen molar-refractivity contribution in [2.24, 2.45) is 0 Å². The Labute approximate surface area is 200 Å². The Kier molecular flexibility index (Phi) is 7.36. The molecule has 0 radical (unpaired) electrons. The summed E-state index contributed by atoms with van der Waals surface area (Å²) >= 11 is 7.34. The van der Waals surface area contributed by atoms with Crippen molar-refractivity contribution in [2.75, 3.05) is 11.9 Å². The Morgan fingerprint density at radius 3 is 2.76 bits per heavy atom. The number of fused-ring (bicyclic) bond motifs is 1. The zero-order chi connectivity index (χ0) is 23.2. The van der Waals surface area contributed by atoms with Crippen LogP contribution in [0, 0.1) is 0 Å². The topological polar surface area (TPSA) is 97.4 Å². The van der Waals surface area contributed by atoms with Crippen LogP contribution in [0.2, 0.25) is 5.02 Å². The smallest absolute Gasteiger partial charge is 0.341 e. The highest BCUT2D eigenvalue weighted by molar-refractivity contribution is 7.17. The molecule has 0 saturated carbocycles. The molecule has 9 heteroatoms. The van der Waals surface area contributed by atoms with Crippen molar-refractivity contribution in [2.45, 2.75) is 32.2 Å². The van der Waals surface area contributed by atoms with E-state index in [1.807, 2.05) is 6.07 Å². The fraction of sp³-hybridized carbons (Fsp3) is 0.250. The first-order chi connectivity index (χ1) is 16.0. The molecule has 4 rings (SSSR count). The standard InChI is InChI=1S/C24H22ClN3O4S/c25-17-7-3-5-15(11-17)12-27-20(29)14-32-24(31)21-18-8-1-2-9-19(18)33-23(21)28-22(30)16-6-4-10-26-13-16/h3-7,10-11,13H,1-2,8-9,12,14H2,(H,27,29)(H,28,30). The second kappa shape index (κ2) is 10.6. The number of thiophene rings is 1. The van der Waals surface area contributed by atoms with E-state index in [0.717, 1.165) is 41.7 Å².